The van der Waals surface area contributed by atoms with Gasteiger partial charge in [0, 0.05) is 10.6 Å². The molecule has 0 aliphatic carbocycles. The lowest BCUT2D eigenvalue weighted by Gasteiger charge is -2.04. The Balaban J connectivity index is 2.00. The molecule has 0 aliphatic heterocycles. The van der Waals surface area contributed by atoms with Crippen molar-refractivity contribution in [3.63, 3.8) is 0 Å². The van der Waals surface area contributed by atoms with Gasteiger partial charge in [-0.25, -0.2) is 0 Å². The molecule has 21 heavy (non-hydrogen) atoms. The quantitative estimate of drug-likeness (QED) is 0.807. The van der Waals surface area contributed by atoms with E-state index in [0.717, 1.165) is 0 Å². The summed E-state index contributed by atoms with van der Waals surface area (Å²) in [6, 6.07) is 12.0. The average Bonchev–Trinajstić information content (AvgIpc) is 2.47. The van der Waals surface area contributed by atoms with Crippen molar-refractivity contribution in [1.82, 2.24) is 5.32 Å². The molecular formula is C16H10Cl3NO. The number of rotatable bonds is 2. The molecule has 0 bridgehead atoms. The van der Waals surface area contributed by atoms with E-state index in [1.807, 2.05) is 18.2 Å². The van der Waals surface area contributed by atoms with Gasteiger partial charge in [0.15, 0.2) is 0 Å². The Bertz CT molecular complexity index is 732. The molecule has 0 unspecified atom stereocenters. The summed E-state index contributed by atoms with van der Waals surface area (Å²) in [7, 11) is 0. The Kier molecular flexibility index (Phi) is 5.52. The summed E-state index contributed by atoms with van der Waals surface area (Å²) in [5.41, 5.74) is 1.04. The van der Waals surface area contributed by atoms with Crippen LogP contribution in [0.25, 0.3) is 0 Å². The van der Waals surface area contributed by atoms with E-state index in [-0.39, 0.29) is 12.5 Å². The fourth-order valence-corrected chi connectivity index (χ4v) is 2.15. The summed E-state index contributed by atoms with van der Waals surface area (Å²) >= 11 is 17.8. The van der Waals surface area contributed by atoms with Gasteiger partial charge in [-0.15, -0.1) is 0 Å². The molecule has 0 heterocycles. The summed E-state index contributed by atoms with van der Waals surface area (Å²) in [6.07, 6.45) is 0. The lowest BCUT2D eigenvalue weighted by Crippen LogP contribution is -2.23. The molecule has 0 radical (unpaired) electrons. The summed E-state index contributed by atoms with van der Waals surface area (Å²) in [5, 5.41) is 4.03. The van der Waals surface area contributed by atoms with Gasteiger partial charge in [-0.3, -0.25) is 4.79 Å². The predicted molar refractivity (Wildman–Crippen MR) is 87.1 cm³/mol. The lowest BCUT2D eigenvalue weighted by atomic mass is 10.2. The smallest absolute Gasteiger partial charge is 0.253 e. The van der Waals surface area contributed by atoms with Crippen LogP contribution in [-0.2, 0) is 0 Å². The number of amides is 1. The van der Waals surface area contributed by atoms with Gasteiger partial charge in [0.2, 0.25) is 0 Å². The maximum atomic E-state index is 11.9. The van der Waals surface area contributed by atoms with Crippen LogP contribution in [0.4, 0.5) is 0 Å². The molecule has 5 heteroatoms. The minimum absolute atomic E-state index is 0.187. The normalized spacial score (nSPS) is 9.67. The van der Waals surface area contributed by atoms with Crippen LogP contribution in [0.5, 0.6) is 0 Å². The molecule has 1 amide bonds. The van der Waals surface area contributed by atoms with Crippen LogP contribution in [0, 0.1) is 11.8 Å². The zero-order valence-electron chi connectivity index (χ0n) is 10.8. The Hall–Kier alpha value is -1.66. The van der Waals surface area contributed by atoms with Gasteiger partial charge in [-0.2, -0.15) is 0 Å². The van der Waals surface area contributed by atoms with Crippen LogP contribution < -0.4 is 5.32 Å². The van der Waals surface area contributed by atoms with Crippen LogP contribution in [-0.4, -0.2) is 12.5 Å². The molecule has 2 nitrogen and oxygen atoms in total. The highest BCUT2D eigenvalue weighted by molar-refractivity contribution is 6.35. The summed E-state index contributed by atoms with van der Waals surface area (Å²) in [4.78, 5) is 11.9. The maximum Gasteiger partial charge on any atom is 0.253 e. The van der Waals surface area contributed by atoms with Crippen molar-refractivity contribution >= 4 is 40.7 Å². The first-order chi connectivity index (χ1) is 10.1. The number of hydrogen-bond donors (Lipinski definition) is 1. The molecule has 106 valence electrons. The Morgan fingerprint density at radius 2 is 1.81 bits per heavy atom. The van der Waals surface area contributed by atoms with Gasteiger partial charge in [0.25, 0.3) is 5.91 Å². The second-order valence-electron chi connectivity index (χ2n) is 4.09. The summed E-state index contributed by atoms with van der Waals surface area (Å²) in [5.74, 6) is 5.40. The second-order valence-corrected chi connectivity index (χ2v) is 5.34. The van der Waals surface area contributed by atoms with Crippen molar-refractivity contribution in [3.8, 4) is 11.8 Å². The minimum atomic E-state index is -0.323. The van der Waals surface area contributed by atoms with Gasteiger partial charge < -0.3 is 5.32 Å². The van der Waals surface area contributed by atoms with Gasteiger partial charge in [0.05, 0.1) is 22.2 Å². The molecule has 0 saturated heterocycles. The van der Waals surface area contributed by atoms with Crippen molar-refractivity contribution in [1.29, 1.82) is 0 Å². The fourth-order valence-electron chi connectivity index (χ4n) is 1.59. The van der Waals surface area contributed by atoms with Crippen molar-refractivity contribution in [2.24, 2.45) is 0 Å². The molecule has 0 atom stereocenters. The highest BCUT2D eigenvalue weighted by Gasteiger charge is 2.09. The number of halogens is 3. The molecule has 2 aromatic carbocycles. The third-order valence-corrected chi connectivity index (χ3v) is 3.50. The number of carbonyl (C=O) groups is 1. The SMILES string of the molecule is O=C(NCC#Cc1ccccc1Cl)c1cc(Cl)ccc1Cl. The molecule has 2 aromatic rings. The third-order valence-electron chi connectivity index (χ3n) is 2.61. The number of carbonyl (C=O) groups excluding carboxylic acids is 1. The Morgan fingerprint density at radius 3 is 2.57 bits per heavy atom. The van der Waals surface area contributed by atoms with Crippen molar-refractivity contribution in [2.45, 2.75) is 0 Å². The van der Waals surface area contributed by atoms with Gasteiger partial charge in [0.1, 0.15) is 0 Å². The van der Waals surface area contributed by atoms with Crippen LogP contribution >= 0.6 is 34.8 Å². The zero-order chi connectivity index (χ0) is 15.2. The fraction of sp³-hybridized carbons (Fsp3) is 0.0625. The molecule has 0 aromatic heterocycles. The van der Waals surface area contributed by atoms with Crippen LogP contribution in [0.15, 0.2) is 42.5 Å². The van der Waals surface area contributed by atoms with Gasteiger partial charge in [-0.05, 0) is 30.3 Å². The molecule has 0 fully saturated rings. The van der Waals surface area contributed by atoms with Crippen LogP contribution in [0.3, 0.4) is 0 Å². The van der Waals surface area contributed by atoms with Crippen molar-refractivity contribution < 1.29 is 4.79 Å². The molecule has 0 spiro atoms. The first kappa shape index (κ1) is 15.7. The molecule has 0 saturated carbocycles. The first-order valence-electron chi connectivity index (χ1n) is 6.04. The number of benzene rings is 2. The average molecular weight is 339 g/mol. The van der Waals surface area contributed by atoms with Crippen molar-refractivity contribution in [2.75, 3.05) is 6.54 Å². The first-order valence-corrected chi connectivity index (χ1v) is 7.18. The standard InChI is InChI=1S/C16H10Cl3NO/c17-12-7-8-15(19)13(10-12)16(21)20-9-3-5-11-4-1-2-6-14(11)18/h1-2,4,6-8,10H,9H2,(H,20,21). The lowest BCUT2D eigenvalue weighted by molar-refractivity contribution is 0.0959. The minimum Gasteiger partial charge on any atom is -0.341 e. The zero-order valence-corrected chi connectivity index (χ0v) is 13.1. The summed E-state index contributed by atoms with van der Waals surface area (Å²) < 4.78 is 0. The topological polar surface area (TPSA) is 29.1 Å². The van der Waals surface area contributed by atoms with E-state index in [2.05, 4.69) is 17.2 Å². The summed E-state index contributed by atoms with van der Waals surface area (Å²) in [6.45, 7) is 0.187. The number of hydrogen-bond acceptors (Lipinski definition) is 1. The molecule has 1 N–H and O–H groups in total. The van der Waals surface area contributed by atoms with Gasteiger partial charge >= 0.3 is 0 Å². The second kappa shape index (κ2) is 7.38. The van der Waals surface area contributed by atoms with E-state index in [4.69, 9.17) is 34.8 Å². The molecule has 0 aliphatic rings. The predicted octanol–water partition coefficient (Wildman–Crippen LogP) is 4.43. The van der Waals surface area contributed by atoms with E-state index in [1.165, 1.54) is 6.07 Å². The molecule has 2 rings (SSSR count). The Labute approximate surface area is 138 Å². The monoisotopic (exact) mass is 337 g/mol. The highest BCUT2D eigenvalue weighted by Crippen LogP contribution is 2.20. The Morgan fingerprint density at radius 1 is 1.05 bits per heavy atom. The number of nitrogens with one attached hydrogen (secondary N) is 1. The van der Waals surface area contributed by atoms with E-state index in [0.29, 0.717) is 26.2 Å². The maximum absolute atomic E-state index is 11.9. The van der Waals surface area contributed by atoms with E-state index in [1.54, 1.807) is 18.2 Å². The van der Waals surface area contributed by atoms with Crippen molar-refractivity contribution in [3.05, 3.63) is 68.7 Å². The van der Waals surface area contributed by atoms with E-state index < -0.39 is 0 Å². The largest absolute Gasteiger partial charge is 0.341 e. The van der Waals surface area contributed by atoms with E-state index in [9.17, 15) is 4.79 Å². The third kappa shape index (κ3) is 4.41. The van der Waals surface area contributed by atoms with E-state index >= 15 is 0 Å². The highest BCUT2D eigenvalue weighted by atomic mass is 35.5. The van der Waals surface area contributed by atoms with Crippen LogP contribution in [0.2, 0.25) is 15.1 Å². The van der Waals surface area contributed by atoms with Crippen LogP contribution in [0.1, 0.15) is 15.9 Å². The van der Waals surface area contributed by atoms with Gasteiger partial charge in [-0.1, -0.05) is 58.8 Å². The molecular weight excluding hydrogens is 329 g/mol.